The third-order valence-corrected chi connectivity index (χ3v) is 7.75. The van der Waals surface area contributed by atoms with Gasteiger partial charge in [0.2, 0.25) is 0 Å². The molecule has 0 N–H and O–H groups in total. The van der Waals surface area contributed by atoms with E-state index in [2.05, 4.69) is 79.7 Å². The summed E-state index contributed by atoms with van der Waals surface area (Å²) in [5, 5.41) is 0. The fourth-order valence-electron chi connectivity index (χ4n) is 4.73. The van der Waals surface area contributed by atoms with Crippen LogP contribution in [0.4, 0.5) is 0 Å². The molecule has 1 aliphatic carbocycles. The molecule has 0 radical (unpaired) electrons. The Morgan fingerprint density at radius 1 is 0.806 bits per heavy atom. The highest BCUT2D eigenvalue weighted by Crippen LogP contribution is 2.47. The Morgan fingerprint density at radius 2 is 1.29 bits per heavy atom. The van der Waals surface area contributed by atoms with Crippen molar-refractivity contribution in [1.29, 1.82) is 0 Å². The first-order valence-electron chi connectivity index (χ1n) is 12.7. The molecule has 0 aromatic carbocycles. The van der Waals surface area contributed by atoms with Gasteiger partial charge in [0.05, 0.1) is 0 Å². The van der Waals surface area contributed by atoms with Crippen LogP contribution in [0.1, 0.15) is 120 Å². The second kappa shape index (κ2) is 13.9. The lowest BCUT2D eigenvalue weighted by Gasteiger charge is -2.44. The van der Waals surface area contributed by atoms with Crippen molar-refractivity contribution >= 4 is 5.78 Å². The zero-order valence-electron chi connectivity index (χ0n) is 21.9. The Morgan fingerprint density at radius 3 is 1.84 bits per heavy atom. The highest BCUT2D eigenvalue weighted by molar-refractivity contribution is 5.82. The third kappa shape index (κ3) is 10.2. The van der Waals surface area contributed by atoms with Crippen molar-refractivity contribution in [3.8, 4) is 0 Å². The number of carbonyl (C=O) groups excluding carboxylic acids is 1. The number of hydrogen-bond acceptors (Lipinski definition) is 1. The molecule has 31 heavy (non-hydrogen) atoms. The quantitative estimate of drug-likeness (QED) is 0.224. The van der Waals surface area contributed by atoms with E-state index in [-0.39, 0.29) is 11.3 Å². The monoisotopic (exact) mass is 426 g/mol. The van der Waals surface area contributed by atoms with E-state index in [4.69, 9.17) is 0 Å². The summed E-state index contributed by atoms with van der Waals surface area (Å²) in [5.41, 5.74) is 6.09. The minimum absolute atomic E-state index is 0.165. The standard InChI is InChI=1S/C30H50O/c1-23(2)13-11-16-25(4)18-12-17-24(3)14-9-10-15-26(5)21-22-30(8)27(6)19-20-29(31)28(30)7/h13-15,18,27-28H,9-12,16-17,19-22H2,1-8H3/b24-14+,25-18+,26-15+/t27-,28?,30+/m1/s1. The molecule has 1 nitrogen and oxygen atoms in total. The number of hydrogen-bond donors (Lipinski definition) is 0. The summed E-state index contributed by atoms with van der Waals surface area (Å²) in [6.07, 6.45) is 20.6. The first kappa shape index (κ1) is 27.7. The molecule has 1 rings (SSSR count). The van der Waals surface area contributed by atoms with Crippen LogP contribution in [0.3, 0.4) is 0 Å². The van der Waals surface area contributed by atoms with Crippen LogP contribution in [0.2, 0.25) is 0 Å². The molecule has 0 aromatic heterocycles. The molecule has 1 aliphatic rings. The van der Waals surface area contributed by atoms with Crippen LogP contribution in [-0.2, 0) is 4.79 Å². The Bertz CT molecular complexity index is 683. The maximum atomic E-state index is 12.2. The maximum absolute atomic E-state index is 12.2. The van der Waals surface area contributed by atoms with Gasteiger partial charge in [0.1, 0.15) is 5.78 Å². The minimum atomic E-state index is 0.165. The lowest BCUT2D eigenvalue weighted by Crippen LogP contribution is -2.41. The fourth-order valence-corrected chi connectivity index (χ4v) is 4.73. The van der Waals surface area contributed by atoms with Gasteiger partial charge in [0, 0.05) is 12.3 Å². The average Bonchev–Trinajstić information content (AvgIpc) is 2.71. The van der Waals surface area contributed by atoms with E-state index < -0.39 is 0 Å². The smallest absolute Gasteiger partial charge is 0.136 e. The highest BCUT2D eigenvalue weighted by atomic mass is 16.1. The molecule has 0 aromatic rings. The van der Waals surface area contributed by atoms with Gasteiger partial charge in [0.25, 0.3) is 0 Å². The SMILES string of the molecule is CC(C)=CCC/C(C)=C/CC/C(C)=C/CC/C=C(\C)CC[C@]1(C)C(C)C(=O)CC[C@H]1C. The van der Waals surface area contributed by atoms with E-state index in [9.17, 15) is 4.79 Å². The van der Waals surface area contributed by atoms with Crippen molar-refractivity contribution in [3.63, 3.8) is 0 Å². The molecule has 0 aliphatic heterocycles. The van der Waals surface area contributed by atoms with Gasteiger partial charge in [-0.25, -0.2) is 0 Å². The highest BCUT2D eigenvalue weighted by Gasteiger charge is 2.42. The molecule has 0 heterocycles. The summed E-state index contributed by atoms with van der Waals surface area (Å²) in [6, 6.07) is 0. The second-order valence-corrected chi connectivity index (χ2v) is 10.7. The first-order chi connectivity index (χ1) is 14.6. The molecule has 1 fully saturated rings. The second-order valence-electron chi connectivity index (χ2n) is 10.7. The molecule has 1 heteroatoms. The Hall–Kier alpha value is -1.37. The van der Waals surface area contributed by atoms with Crippen LogP contribution in [0.25, 0.3) is 0 Å². The average molecular weight is 427 g/mol. The molecular formula is C30H50O. The van der Waals surface area contributed by atoms with Crippen LogP contribution in [0, 0.1) is 17.3 Å². The molecule has 1 unspecified atom stereocenters. The van der Waals surface area contributed by atoms with Crippen molar-refractivity contribution < 1.29 is 4.79 Å². The Labute approximate surface area is 194 Å². The largest absolute Gasteiger partial charge is 0.299 e. The minimum Gasteiger partial charge on any atom is -0.299 e. The van der Waals surface area contributed by atoms with E-state index in [1.807, 2.05) is 0 Å². The summed E-state index contributed by atoms with van der Waals surface area (Å²) in [4.78, 5) is 12.2. The first-order valence-corrected chi connectivity index (χ1v) is 12.7. The molecule has 0 saturated heterocycles. The van der Waals surface area contributed by atoms with Gasteiger partial charge in [-0.15, -0.1) is 0 Å². The van der Waals surface area contributed by atoms with Gasteiger partial charge in [-0.3, -0.25) is 4.79 Å². The van der Waals surface area contributed by atoms with E-state index in [0.717, 1.165) is 44.9 Å². The van der Waals surface area contributed by atoms with Crippen LogP contribution in [0.15, 0.2) is 46.6 Å². The third-order valence-electron chi connectivity index (χ3n) is 7.75. The van der Waals surface area contributed by atoms with Gasteiger partial charge in [0.15, 0.2) is 0 Å². The van der Waals surface area contributed by atoms with Crippen molar-refractivity contribution in [3.05, 3.63) is 46.6 Å². The van der Waals surface area contributed by atoms with Gasteiger partial charge in [-0.1, -0.05) is 67.4 Å². The summed E-state index contributed by atoms with van der Waals surface area (Å²) >= 11 is 0. The lowest BCUT2D eigenvalue weighted by atomic mass is 9.59. The molecule has 0 spiro atoms. The predicted molar refractivity (Wildman–Crippen MR) is 138 cm³/mol. The van der Waals surface area contributed by atoms with Crippen molar-refractivity contribution in [2.24, 2.45) is 17.3 Å². The molecule has 1 saturated carbocycles. The van der Waals surface area contributed by atoms with E-state index in [1.165, 1.54) is 41.6 Å². The molecule has 0 bridgehead atoms. The van der Waals surface area contributed by atoms with Crippen LogP contribution >= 0.6 is 0 Å². The number of ketones is 1. The Kier molecular flexibility index (Phi) is 12.4. The number of unbranched alkanes of at least 4 members (excludes halogenated alkanes) is 1. The van der Waals surface area contributed by atoms with Crippen molar-refractivity contribution in [2.75, 3.05) is 0 Å². The van der Waals surface area contributed by atoms with Gasteiger partial charge in [-0.05, 0) is 104 Å². The Balaban J connectivity index is 2.35. The molecule has 3 atom stereocenters. The van der Waals surface area contributed by atoms with Gasteiger partial charge < -0.3 is 0 Å². The maximum Gasteiger partial charge on any atom is 0.136 e. The fraction of sp³-hybridized carbons (Fsp3) is 0.700. The van der Waals surface area contributed by atoms with E-state index in [1.54, 1.807) is 0 Å². The number of carbonyl (C=O) groups is 1. The van der Waals surface area contributed by atoms with E-state index >= 15 is 0 Å². The normalized spacial score (nSPS) is 25.7. The summed E-state index contributed by atoms with van der Waals surface area (Å²) in [5.74, 6) is 1.32. The van der Waals surface area contributed by atoms with Crippen molar-refractivity contribution in [1.82, 2.24) is 0 Å². The molecule has 0 amide bonds. The molecular weight excluding hydrogens is 376 g/mol. The topological polar surface area (TPSA) is 17.1 Å². The van der Waals surface area contributed by atoms with Gasteiger partial charge in [-0.2, -0.15) is 0 Å². The summed E-state index contributed by atoms with van der Waals surface area (Å²) in [7, 11) is 0. The van der Waals surface area contributed by atoms with Crippen molar-refractivity contribution in [2.45, 2.75) is 120 Å². The predicted octanol–water partition coefficient (Wildman–Crippen LogP) is 9.55. The van der Waals surface area contributed by atoms with Crippen LogP contribution < -0.4 is 0 Å². The zero-order valence-corrected chi connectivity index (χ0v) is 21.9. The summed E-state index contributed by atoms with van der Waals surface area (Å²) in [6.45, 7) is 18.0. The van der Waals surface area contributed by atoms with Gasteiger partial charge >= 0.3 is 0 Å². The van der Waals surface area contributed by atoms with E-state index in [0.29, 0.717) is 11.7 Å². The lowest BCUT2D eigenvalue weighted by molar-refractivity contribution is -0.132. The summed E-state index contributed by atoms with van der Waals surface area (Å²) < 4.78 is 0. The number of allylic oxidation sites excluding steroid dienone is 8. The van der Waals surface area contributed by atoms with Crippen LogP contribution in [0.5, 0.6) is 0 Å². The zero-order chi connectivity index (χ0) is 23.4. The molecule has 176 valence electrons. The number of Topliss-reactive ketones (excluding diaryl/α,β-unsaturated/α-hetero) is 1. The number of rotatable bonds is 12. The van der Waals surface area contributed by atoms with Crippen LogP contribution in [-0.4, -0.2) is 5.78 Å².